The molecule has 2 atom stereocenters. The molecule has 2 saturated heterocycles. The summed E-state index contributed by atoms with van der Waals surface area (Å²) in [6.45, 7) is 3.30. The van der Waals surface area contributed by atoms with Gasteiger partial charge in [-0.1, -0.05) is 12.1 Å². The molecule has 0 saturated carbocycles. The first-order valence-electron chi connectivity index (χ1n) is 10.6. The van der Waals surface area contributed by atoms with E-state index in [9.17, 15) is 9.59 Å². The highest BCUT2D eigenvalue weighted by atomic mass is 16.6. The Bertz CT molecular complexity index is 608. The number of benzene rings is 1. The van der Waals surface area contributed by atoms with Crippen molar-refractivity contribution in [2.75, 3.05) is 52.9 Å². The Labute approximate surface area is 176 Å². The summed E-state index contributed by atoms with van der Waals surface area (Å²) in [5, 5.41) is 0. The first-order chi connectivity index (χ1) is 14.7. The number of carbonyl (C=O) groups is 2. The molecule has 8 nitrogen and oxygen atoms in total. The lowest BCUT2D eigenvalue weighted by Gasteiger charge is -2.12. The van der Waals surface area contributed by atoms with Gasteiger partial charge < -0.3 is 28.4 Å². The molecule has 0 aromatic heterocycles. The van der Waals surface area contributed by atoms with Crippen LogP contribution in [0.3, 0.4) is 0 Å². The molecule has 8 heteroatoms. The lowest BCUT2D eigenvalue weighted by molar-refractivity contribution is -0.00465. The summed E-state index contributed by atoms with van der Waals surface area (Å²) >= 11 is 0. The molecule has 1 aromatic carbocycles. The fraction of sp³-hybridized carbons (Fsp3) is 0.636. The molecule has 0 N–H and O–H groups in total. The maximum Gasteiger partial charge on any atom is 0.339 e. The Morgan fingerprint density at radius 2 is 1.23 bits per heavy atom. The highest BCUT2D eigenvalue weighted by Gasteiger charge is 2.20. The van der Waals surface area contributed by atoms with Crippen molar-refractivity contribution in [2.45, 2.75) is 37.9 Å². The summed E-state index contributed by atoms with van der Waals surface area (Å²) in [5.74, 6) is -1.17. The lowest BCUT2D eigenvalue weighted by Crippen LogP contribution is -2.20. The zero-order valence-electron chi connectivity index (χ0n) is 17.2. The number of hydrogen-bond donors (Lipinski definition) is 0. The molecule has 3 rings (SSSR count). The van der Waals surface area contributed by atoms with Gasteiger partial charge in [-0.25, -0.2) is 9.59 Å². The Morgan fingerprint density at radius 1 is 0.767 bits per heavy atom. The lowest BCUT2D eigenvalue weighted by atomic mass is 10.1. The van der Waals surface area contributed by atoms with Crippen LogP contribution < -0.4 is 0 Å². The molecule has 2 fully saturated rings. The Hall–Kier alpha value is -2.00. The highest BCUT2D eigenvalue weighted by Crippen LogP contribution is 2.14. The van der Waals surface area contributed by atoms with E-state index >= 15 is 0 Å². The van der Waals surface area contributed by atoms with Gasteiger partial charge in [0, 0.05) is 13.2 Å². The number of esters is 2. The molecule has 0 amide bonds. The predicted octanol–water partition coefficient (Wildman–Crippen LogP) is 2.39. The molecule has 1 aromatic rings. The van der Waals surface area contributed by atoms with Gasteiger partial charge >= 0.3 is 11.9 Å². The van der Waals surface area contributed by atoms with E-state index < -0.39 is 11.9 Å². The fourth-order valence-electron chi connectivity index (χ4n) is 3.36. The monoisotopic (exact) mass is 422 g/mol. The maximum absolute atomic E-state index is 12.4. The van der Waals surface area contributed by atoms with Crippen molar-refractivity contribution in [3.05, 3.63) is 35.4 Å². The van der Waals surface area contributed by atoms with Crippen molar-refractivity contribution in [3.8, 4) is 0 Å². The topological polar surface area (TPSA) is 89.5 Å². The molecule has 0 bridgehead atoms. The average molecular weight is 422 g/mol. The SMILES string of the molecule is O=C(OCCOCC1CCCO1)c1ccccc1C(=O)OCCOCC1CCCO1. The average Bonchev–Trinajstić information content (AvgIpc) is 3.47. The molecular weight excluding hydrogens is 392 g/mol. The second-order valence-corrected chi connectivity index (χ2v) is 7.24. The van der Waals surface area contributed by atoms with E-state index in [0.717, 1.165) is 38.9 Å². The van der Waals surface area contributed by atoms with Gasteiger partial charge in [-0.05, 0) is 37.8 Å². The van der Waals surface area contributed by atoms with Crippen LogP contribution in [-0.4, -0.2) is 77.0 Å². The number of hydrogen-bond acceptors (Lipinski definition) is 8. The van der Waals surface area contributed by atoms with Crippen LogP contribution in [0.5, 0.6) is 0 Å². The molecular formula is C22H30O8. The number of rotatable bonds is 12. The third kappa shape index (κ3) is 7.36. The van der Waals surface area contributed by atoms with Crippen LogP contribution in [0.2, 0.25) is 0 Å². The smallest absolute Gasteiger partial charge is 0.339 e. The quantitative estimate of drug-likeness (QED) is 0.375. The van der Waals surface area contributed by atoms with Crippen LogP contribution in [0.1, 0.15) is 46.4 Å². The van der Waals surface area contributed by atoms with E-state index in [2.05, 4.69) is 0 Å². The van der Waals surface area contributed by atoms with Crippen LogP contribution in [0, 0.1) is 0 Å². The normalized spacial score (nSPS) is 20.9. The van der Waals surface area contributed by atoms with Gasteiger partial charge in [0.2, 0.25) is 0 Å². The van der Waals surface area contributed by atoms with Crippen LogP contribution in [0.15, 0.2) is 24.3 Å². The van der Waals surface area contributed by atoms with E-state index in [1.165, 1.54) is 0 Å². The molecule has 0 spiro atoms. The van der Waals surface area contributed by atoms with E-state index in [1.807, 2.05) is 0 Å². The van der Waals surface area contributed by atoms with Crippen molar-refractivity contribution in [1.82, 2.24) is 0 Å². The minimum atomic E-state index is -0.585. The van der Waals surface area contributed by atoms with Gasteiger partial charge in [0.25, 0.3) is 0 Å². The Balaban J connectivity index is 1.35. The summed E-state index contributed by atoms with van der Waals surface area (Å²) in [6, 6.07) is 6.43. The summed E-state index contributed by atoms with van der Waals surface area (Å²) in [5.41, 5.74) is 0.337. The molecule has 0 aliphatic carbocycles. The molecule has 2 aliphatic heterocycles. The molecule has 2 unspecified atom stereocenters. The number of ether oxygens (including phenoxy) is 6. The second kappa shape index (κ2) is 12.6. The third-order valence-electron chi connectivity index (χ3n) is 4.94. The van der Waals surface area contributed by atoms with Crippen LogP contribution >= 0.6 is 0 Å². The van der Waals surface area contributed by atoms with Gasteiger partial charge in [0.1, 0.15) is 13.2 Å². The fourth-order valence-corrected chi connectivity index (χ4v) is 3.36. The minimum Gasteiger partial charge on any atom is -0.460 e. The van der Waals surface area contributed by atoms with Crippen LogP contribution in [-0.2, 0) is 28.4 Å². The molecule has 2 heterocycles. The Kier molecular flexibility index (Phi) is 9.56. The van der Waals surface area contributed by atoms with E-state index in [0.29, 0.717) is 13.2 Å². The summed E-state index contributed by atoms with van der Waals surface area (Å²) in [7, 11) is 0. The molecule has 166 valence electrons. The third-order valence-corrected chi connectivity index (χ3v) is 4.94. The second-order valence-electron chi connectivity index (χ2n) is 7.24. The van der Waals surface area contributed by atoms with Gasteiger partial charge in [0.15, 0.2) is 0 Å². The van der Waals surface area contributed by atoms with E-state index in [4.69, 9.17) is 28.4 Å². The molecule has 30 heavy (non-hydrogen) atoms. The maximum atomic E-state index is 12.4. The van der Waals surface area contributed by atoms with E-state index in [1.54, 1.807) is 24.3 Å². The zero-order valence-corrected chi connectivity index (χ0v) is 17.2. The van der Waals surface area contributed by atoms with Gasteiger partial charge in [-0.3, -0.25) is 0 Å². The Morgan fingerprint density at radius 3 is 1.63 bits per heavy atom. The molecule has 2 aliphatic rings. The standard InChI is InChI=1S/C22H30O8/c23-21(29-13-11-25-15-17-5-3-9-27-17)19-7-1-2-8-20(19)22(24)30-14-12-26-16-18-6-4-10-28-18/h1-2,7-8,17-18H,3-6,9-16H2. The largest absolute Gasteiger partial charge is 0.460 e. The van der Waals surface area contributed by atoms with Crippen molar-refractivity contribution < 1.29 is 38.0 Å². The molecule has 0 radical (unpaired) electrons. The zero-order chi connectivity index (χ0) is 21.0. The summed E-state index contributed by atoms with van der Waals surface area (Å²) in [4.78, 5) is 24.7. The minimum absolute atomic E-state index is 0.103. The van der Waals surface area contributed by atoms with Crippen LogP contribution in [0.4, 0.5) is 0 Å². The van der Waals surface area contributed by atoms with Crippen molar-refractivity contribution in [1.29, 1.82) is 0 Å². The predicted molar refractivity (Wildman–Crippen MR) is 107 cm³/mol. The number of carbonyl (C=O) groups excluding carboxylic acids is 2. The van der Waals surface area contributed by atoms with Gasteiger partial charge in [-0.15, -0.1) is 0 Å². The van der Waals surface area contributed by atoms with Crippen LogP contribution in [0.25, 0.3) is 0 Å². The van der Waals surface area contributed by atoms with Gasteiger partial charge in [0.05, 0.1) is 49.8 Å². The van der Waals surface area contributed by atoms with Gasteiger partial charge in [-0.2, -0.15) is 0 Å². The van der Waals surface area contributed by atoms with Crippen molar-refractivity contribution in [2.24, 2.45) is 0 Å². The first-order valence-corrected chi connectivity index (χ1v) is 10.6. The van der Waals surface area contributed by atoms with E-state index in [-0.39, 0.29) is 49.8 Å². The summed E-state index contributed by atoms with van der Waals surface area (Å²) in [6.07, 6.45) is 4.36. The van der Waals surface area contributed by atoms with Crippen molar-refractivity contribution in [3.63, 3.8) is 0 Å². The summed E-state index contributed by atoms with van der Waals surface area (Å²) < 4.78 is 32.4. The van der Waals surface area contributed by atoms with Crippen molar-refractivity contribution >= 4 is 11.9 Å². The highest BCUT2D eigenvalue weighted by molar-refractivity contribution is 6.03. The first kappa shape index (κ1) is 22.7.